The van der Waals surface area contributed by atoms with Gasteiger partial charge in [0.2, 0.25) is 0 Å². The average molecular weight is 308 g/mol. The molecule has 0 fully saturated rings. The SMILES string of the molecule is Cc1ccc(N(C)S(=O)(=O)c2ccc(F)c(CN)c2)cc1. The van der Waals surface area contributed by atoms with E-state index in [1.54, 1.807) is 12.1 Å². The van der Waals surface area contributed by atoms with Crippen molar-refractivity contribution in [2.45, 2.75) is 18.4 Å². The van der Waals surface area contributed by atoms with E-state index in [0.29, 0.717) is 5.69 Å². The third kappa shape index (κ3) is 3.06. The number of benzene rings is 2. The molecular weight excluding hydrogens is 291 g/mol. The molecule has 6 heteroatoms. The molecule has 2 aromatic carbocycles. The molecule has 0 heterocycles. The second kappa shape index (κ2) is 5.83. The van der Waals surface area contributed by atoms with Crippen LogP contribution in [0.3, 0.4) is 0 Å². The highest BCUT2D eigenvalue weighted by Crippen LogP contribution is 2.23. The number of halogens is 1. The molecule has 0 aliphatic carbocycles. The van der Waals surface area contributed by atoms with Crippen LogP contribution in [0.2, 0.25) is 0 Å². The van der Waals surface area contributed by atoms with Gasteiger partial charge in [-0.1, -0.05) is 17.7 Å². The van der Waals surface area contributed by atoms with Gasteiger partial charge in [-0.25, -0.2) is 12.8 Å². The van der Waals surface area contributed by atoms with Gasteiger partial charge >= 0.3 is 0 Å². The topological polar surface area (TPSA) is 63.4 Å². The summed E-state index contributed by atoms with van der Waals surface area (Å²) in [5, 5.41) is 0. The molecule has 0 radical (unpaired) electrons. The first-order chi connectivity index (χ1) is 9.86. The normalized spacial score (nSPS) is 11.4. The zero-order chi connectivity index (χ0) is 15.6. The van der Waals surface area contributed by atoms with Crippen LogP contribution in [-0.2, 0) is 16.6 Å². The Balaban J connectivity index is 2.43. The third-order valence-electron chi connectivity index (χ3n) is 3.29. The summed E-state index contributed by atoms with van der Waals surface area (Å²) in [4.78, 5) is 0.0208. The molecule has 0 saturated heterocycles. The Bertz CT molecular complexity index is 743. The van der Waals surface area contributed by atoms with E-state index < -0.39 is 15.8 Å². The largest absolute Gasteiger partial charge is 0.326 e. The van der Waals surface area contributed by atoms with E-state index in [2.05, 4.69) is 0 Å². The highest BCUT2D eigenvalue weighted by molar-refractivity contribution is 7.92. The van der Waals surface area contributed by atoms with Crippen LogP contribution in [0.15, 0.2) is 47.4 Å². The fraction of sp³-hybridized carbons (Fsp3) is 0.200. The lowest BCUT2D eigenvalue weighted by Crippen LogP contribution is -2.26. The molecule has 0 spiro atoms. The number of hydrogen-bond donors (Lipinski definition) is 1. The second-order valence-corrected chi connectivity index (χ2v) is 6.73. The van der Waals surface area contributed by atoms with E-state index in [1.165, 1.54) is 23.5 Å². The molecule has 2 rings (SSSR count). The Morgan fingerprint density at radius 2 is 1.76 bits per heavy atom. The third-order valence-corrected chi connectivity index (χ3v) is 5.07. The fourth-order valence-corrected chi connectivity index (χ4v) is 3.17. The summed E-state index contributed by atoms with van der Waals surface area (Å²) in [6.45, 7) is 1.87. The van der Waals surface area contributed by atoms with Crippen molar-refractivity contribution in [2.24, 2.45) is 5.73 Å². The van der Waals surface area contributed by atoms with E-state index in [-0.39, 0.29) is 17.0 Å². The lowest BCUT2D eigenvalue weighted by Gasteiger charge is -2.20. The van der Waals surface area contributed by atoms with Gasteiger partial charge in [-0.15, -0.1) is 0 Å². The number of aryl methyl sites for hydroxylation is 1. The molecule has 4 nitrogen and oxygen atoms in total. The standard InChI is InChI=1S/C15H17FN2O2S/c1-11-3-5-13(6-4-11)18(2)21(19,20)14-7-8-15(16)12(9-14)10-17/h3-9H,10,17H2,1-2H3. The number of nitrogens with two attached hydrogens (primary N) is 1. The summed E-state index contributed by atoms with van der Waals surface area (Å²) in [5.74, 6) is -0.505. The molecule has 0 amide bonds. The Kier molecular flexibility index (Phi) is 4.29. The van der Waals surface area contributed by atoms with Gasteiger partial charge in [0.25, 0.3) is 10.0 Å². The summed E-state index contributed by atoms with van der Waals surface area (Å²) in [5.41, 5.74) is 7.17. The molecule has 21 heavy (non-hydrogen) atoms. The molecule has 0 aromatic heterocycles. The Labute approximate surface area is 124 Å². The summed E-state index contributed by atoms with van der Waals surface area (Å²) in [7, 11) is -2.28. The molecular formula is C15H17FN2O2S. The molecule has 0 unspecified atom stereocenters. The molecule has 2 aromatic rings. The van der Waals surface area contributed by atoms with Crippen molar-refractivity contribution in [3.63, 3.8) is 0 Å². The summed E-state index contributed by atoms with van der Waals surface area (Å²) in [6.07, 6.45) is 0. The molecule has 0 aliphatic rings. The minimum absolute atomic E-state index is 0.0208. The number of hydrogen-bond acceptors (Lipinski definition) is 3. The first-order valence-electron chi connectivity index (χ1n) is 6.40. The monoisotopic (exact) mass is 308 g/mol. The van der Waals surface area contributed by atoms with Crippen molar-refractivity contribution < 1.29 is 12.8 Å². The number of rotatable bonds is 4. The first-order valence-corrected chi connectivity index (χ1v) is 7.84. The van der Waals surface area contributed by atoms with Crippen LogP contribution in [-0.4, -0.2) is 15.5 Å². The van der Waals surface area contributed by atoms with Crippen molar-refractivity contribution >= 4 is 15.7 Å². The van der Waals surface area contributed by atoms with Gasteiger partial charge in [-0.05, 0) is 37.3 Å². The molecule has 0 saturated carbocycles. The summed E-state index contributed by atoms with van der Waals surface area (Å²) < 4.78 is 39.7. The predicted molar refractivity (Wildman–Crippen MR) is 81.1 cm³/mol. The van der Waals surface area contributed by atoms with Crippen molar-refractivity contribution in [3.8, 4) is 0 Å². The van der Waals surface area contributed by atoms with Gasteiger partial charge < -0.3 is 5.73 Å². The fourth-order valence-electron chi connectivity index (χ4n) is 1.92. The van der Waals surface area contributed by atoms with Gasteiger partial charge in [0, 0.05) is 19.2 Å². The number of sulfonamides is 1. The predicted octanol–water partition coefficient (Wildman–Crippen LogP) is 2.42. The van der Waals surface area contributed by atoms with Crippen LogP contribution in [0, 0.1) is 12.7 Å². The zero-order valence-corrected chi connectivity index (χ0v) is 12.7. The maximum atomic E-state index is 13.4. The van der Waals surface area contributed by atoms with Gasteiger partial charge in [-0.3, -0.25) is 4.31 Å². The van der Waals surface area contributed by atoms with Crippen LogP contribution in [0.4, 0.5) is 10.1 Å². The van der Waals surface area contributed by atoms with Crippen LogP contribution < -0.4 is 10.0 Å². The van der Waals surface area contributed by atoms with E-state index in [0.717, 1.165) is 11.6 Å². The van der Waals surface area contributed by atoms with E-state index in [9.17, 15) is 12.8 Å². The minimum Gasteiger partial charge on any atom is -0.326 e. The minimum atomic E-state index is -3.74. The van der Waals surface area contributed by atoms with Crippen LogP contribution in [0.1, 0.15) is 11.1 Å². The van der Waals surface area contributed by atoms with Gasteiger partial charge in [-0.2, -0.15) is 0 Å². The van der Waals surface area contributed by atoms with Crippen LogP contribution >= 0.6 is 0 Å². The molecule has 0 atom stereocenters. The molecule has 0 bridgehead atoms. The van der Waals surface area contributed by atoms with Crippen LogP contribution in [0.5, 0.6) is 0 Å². The maximum absolute atomic E-state index is 13.4. The highest BCUT2D eigenvalue weighted by Gasteiger charge is 2.22. The van der Waals surface area contributed by atoms with E-state index in [4.69, 9.17) is 5.73 Å². The zero-order valence-electron chi connectivity index (χ0n) is 11.9. The highest BCUT2D eigenvalue weighted by atomic mass is 32.2. The maximum Gasteiger partial charge on any atom is 0.264 e. The van der Waals surface area contributed by atoms with Crippen molar-refractivity contribution in [3.05, 3.63) is 59.4 Å². The van der Waals surface area contributed by atoms with Crippen molar-refractivity contribution in [2.75, 3.05) is 11.4 Å². The molecule has 112 valence electrons. The lowest BCUT2D eigenvalue weighted by atomic mass is 10.2. The lowest BCUT2D eigenvalue weighted by molar-refractivity contribution is 0.591. The Morgan fingerprint density at radius 3 is 2.33 bits per heavy atom. The van der Waals surface area contributed by atoms with Crippen molar-refractivity contribution in [1.29, 1.82) is 0 Å². The second-order valence-electron chi connectivity index (χ2n) is 4.77. The summed E-state index contributed by atoms with van der Waals surface area (Å²) in [6, 6.07) is 10.7. The number of anilines is 1. The summed E-state index contributed by atoms with van der Waals surface area (Å²) >= 11 is 0. The molecule has 2 N–H and O–H groups in total. The van der Waals surface area contributed by atoms with Crippen LogP contribution in [0.25, 0.3) is 0 Å². The van der Waals surface area contributed by atoms with E-state index in [1.807, 2.05) is 19.1 Å². The van der Waals surface area contributed by atoms with Gasteiger partial charge in [0.05, 0.1) is 10.6 Å². The van der Waals surface area contributed by atoms with Crippen molar-refractivity contribution in [1.82, 2.24) is 0 Å². The van der Waals surface area contributed by atoms with Gasteiger partial charge in [0.1, 0.15) is 5.82 Å². The Morgan fingerprint density at radius 1 is 1.14 bits per heavy atom. The Hall–Kier alpha value is -1.92. The van der Waals surface area contributed by atoms with E-state index >= 15 is 0 Å². The first kappa shape index (κ1) is 15.5. The molecule has 0 aliphatic heterocycles. The van der Waals surface area contributed by atoms with Gasteiger partial charge in [0.15, 0.2) is 0 Å². The quantitative estimate of drug-likeness (QED) is 0.943. The smallest absolute Gasteiger partial charge is 0.264 e. The average Bonchev–Trinajstić information content (AvgIpc) is 2.47. The number of nitrogens with zero attached hydrogens (tertiary/aromatic N) is 1.